The Bertz CT molecular complexity index is 921. The molecule has 26 heavy (non-hydrogen) atoms. The van der Waals surface area contributed by atoms with Crippen LogP contribution in [0, 0.1) is 12.7 Å². The Morgan fingerprint density at radius 1 is 1.15 bits per heavy atom. The van der Waals surface area contributed by atoms with Gasteiger partial charge in [0.2, 0.25) is 5.91 Å². The first kappa shape index (κ1) is 18.4. The molecule has 0 aliphatic heterocycles. The number of rotatable bonds is 6. The highest BCUT2D eigenvalue weighted by Gasteiger charge is 2.12. The molecule has 1 aromatic heterocycles. The summed E-state index contributed by atoms with van der Waals surface area (Å²) in [6.45, 7) is 1.97. The van der Waals surface area contributed by atoms with Gasteiger partial charge in [-0.3, -0.25) is 9.00 Å². The summed E-state index contributed by atoms with van der Waals surface area (Å²) in [4.78, 5) is 16.4. The second-order valence-electron chi connectivity index (χ2n) is 5.79. The van der Waals surface area contributed by atoms with Gasteiger partial charge in [-0.15, -0.1) is 11.3 Å². The number of carbonyl (C=O) groups is 1. The van der Waals surface area contributed by atoms with Crippen LogP contribution in [-0.2, 0) is 21.3 Å². The first-order chi connectivity index (χ1) is 12.5. The molecule has 0 spiro atoms. The Hall–Kier alpha value is -2.38. The Morgan fingerprint density at radius 3 is 2.54 bits per heavy atom. The Labute approximate surface area is 157 Å². The van der Waals surface area contributed by atoms with Crippen molar-refractivity contribution in [3.05, 3.63) is 71.0 Å². The molecule has 2 aromatic carbocycles. The van der Waals surface area contributed by atoms with Gasteiger partial charge in [-0.25, -0.2) is 9.37 Å². The van der Waals surface area contributed by atoms with Gasteiger partial charge in [-0.1, -0.05) is 17.7 Å². The zero-order valence-electron chi connectivity index (χ0n) is 14.1. The van der Waals surface area contributed by atoms with Crippen LogP contribution >= 0.6 is 11.3 Å². The highest BCUT2D eigenvalue weighted by molar-refractivity contribution is 7.84. The number of hydrogen-bond donors (Lipinski definition) is 1. The van der Waals surface area contributed by atoms with Gasteiger partial charge in [-0.2, -0.15) is 0 Å². The maximum absolute atomic E-state index is 13.0. The summed E-state index contributed by atoms with van der Waals surface area (Å²) in [6, 6.07) is 13.5. The molecule has 7 heteroatoms. The standard InChI is InChI=1S/C19H17FN2O2S2/c1-13-2-8-16(9-3-13)21-18(23)12-26(24)11-17-10-25-19(22-17)14-4-6-15(20)7-5-14/h2-10H,11-12H2,1H3,(H,21,23)/t26-/m1/s1. The van der Waals surface area contributed by atoms with Gasteiger partial charge >= 0.3 is 0 Å². The topological polar surface area (TPSA) is 59.1 Å². The van der Waals surface area contributed by atoms with E-state index in [1.54, 1.807) is 12.1 Å². The summed E-state index contributed by atoms with van der Waals surface area (Å²) < 4.78 is 25.2. The quantitative estimate of drug-likeness (QED) is 0.690. The van der Waals surface area contributed by atoms with Gasteiger partial charge in [0.05, 0.1) is 11.4 Å². The van der Waals surface area contributed by atoms with E-state index < -0.39 is 10.8 Å². The average Bonchev–Trinajstić information content (AvgIpc) is 3.05. The van der Waals surface area contributed by atoms with E-state index in [-0.39, 0.29) is 23.2 Å². The van der Waals surface area contributed by atoms with Gasteiger partial charge in [0, 0.05) is 27.4 Å². The van der Waals surface area contributed by atoms with E-state index in [1.807, 2.05) is 36.6 Å². The normalized spacial score (nSPS) is 11.9. The molecule has 134 valence electrons. The Morgan fingerprint density at radius 2 is 1.85 bits per heavy atom. The van der Waals surface area contributed by atoms with Crippen LogP contribution in [0.1, 0.15) is 11.3 Å². The number of anilines is 1. The van der Waals surface area contributed by atoms with E-state index in [0.29, 0.717) is 11.4 Å². The number of aromatic nitrogens is 1. The fraction of sp³-hybridized carbons (Fsp3) is 0.158. The molecule has 0 aliphatic carbocycles. The summed E-state index contributed by atoms with van der Waals surface area (Å²) in [5.74, 6) is -0.469. The lowest BCUT2D eigenvalue weighted by Gasteiger charge is -2.05. The van der Waals surface area contributed by atoms with E-state index in [1.165, 1.54) is 23.5 Å². The fourth-order valence-corrected chi connectivity index (χ4v) is 4.17. The minimum atomic E-state index is -1.35. The number of nitrogens with zero attached hydrogens (tertiary/aromatic N) is 1. The molecule has 1 N–H and O–H groups in total. The summed E-state index contributed by atoms with van der Waals surface area (Å²) in [5.41, 5.74) is 3.26. The van der Waals surface area contributed by atoms with Crippen molar-refractivity contribution in [3.8, 4) is 10.6 Å². The van der Waals surface area contributed by atoms with Crippen molar-refractivity contribution in [2.45, 2.75) is 12.7 Å². The van der Waals surface area contributed by atoms with Crippen LogP contribution in [0.2, 0.25) is 0 Å². The molecule has 1 amide bonds. The second-order valence-corrected chi connectivity index (χ2v) is 8.11. The first-order valence-electron chi connectivity index (χ1n) is 7.91. The Kier molecular flexibility index (Phi) is 5.90. The van der Waals surface area contributed by atoms with Gasteiger partial charge in [-0.05, 0) is 43.3 Å². The minimum Gasteiger partial charge on any atom is -0.325 e. The van der Waals surface area contributed by atoms with E-state index in [2.05, 4.69) is 10.3 Å². The van der Waals surface area contributed by atoms with E-state index in [9.17, 15) is 13.4 Å². The molecule has 1 heterocycles. The summed E-state index contributed by atoms with van der Waals surface area (Å²) in [7, 11) is -1.35. The van der Waals surface area contributed by atoms with Gasteiger partial charge < -0.3 is 5.32 Å². The predicted octanol–water partition coefficient (Wildman–Crippen LogP) is 4.15. The molecule has 4 nitrogen and oxygen atoms in total. The maximum atomic E-state index is 13.0. The molecule has 0 radical (unpaired) electrons. The molecule has 0 aliphatic rings. The van der Waals surface area contributed by atoms with E-state index in [4.69, 9.17) is 0 Å². The number of carbonyl (C=O) groups excluding carboxylic acids is 1. The molecule has 0 saturated carbocycles. The van der Waals surface area contributed by atoms with Crippen LogP contribution < -0.4 is 5.32 Å². The van der Waals surface area contributed by atoms with Crippen LogP contribution in [-0.4, -0.2) is 20.9 Å². The molecule has 3 aromatic rings. The highest BCUT2D eigenvalue weighted by atomic mass is 32.2. The molecule has 0 fully saturated rings. The average molecular weight is 388 g/mol. The van der Waals surface area contributed by atoms with Crippen molar-refractivity contribution in [2.24, 2.45) is 0 Å². The number of thiazole rings is 1. The second kappa shape index (κ2) is 8.33. The lowest BCUT2D eigenvalue weighted by Crippen LogP contribution is -2.20. The largest absolute Gasteiger partial charge is 0.325 e. The SMILES string of the molecule is Cc1ccc(NC(=O)C[S@](=O)Cc2csc(-c3ccc(F)cc3)n2)cc1. The smallest absolute Gasteiger partial charge is 0.237 e. The van der Waals surface area contributed by atoms with Crippen molar-refractivity contribution in [1.29, 1.82) is 0 Å². The van der Waals surface area contributed by atoms with E-state index >= 15 is 0 Å². The summed E-state index contributed by atoms with van der Waals surface area (Å²) in [6.07, 6.45) is 0. The zero-order valence-corrected chi connectivity index (χ0v) is 15.7. The van der Waals surface area contributed by atoms with Crippen molar-refractivity contribution < 1.29 is 13.4 Å². The van der Waals surface area contributed by atoms with Crippen molar-refractivity contribution >= 4 is 33.7 Å². The van der Waals surface area contributed by atoms with Crippen molar-refractivity contribution in [3.63, 3.8) is 0 Å². The molecule has 0 saturated heterocycles. The molecule has 1 atom stereocenters. The van der Waals surface area contributed by atoms with Gasteiger partial charge in [0.1, 0.15) is 16.6 Å². The fourth-order valence-electron chi connectivity index (χ4n) is 2.29. The van der Waals surface area contributed by atoms with Crippen LogP contribution in [0.15, 0.2) is 53.9 Å². The van der Waals surface area contributed by atoms with Gasteiger partial charge in [0.25, 0.3) is 0 Å². The number of halogens is 1. The zero-order chi connectivity index (χ0) is 18.5. The van der Waals surface area contributed by atoms with Crippen molar-refractivity contribution in [1.82, 2.24) is 4.98 Å². The third-order valence-corrected chi connectivity index (χ3v) is 5.72. The predicted molar refractivity (Wildman–Crippen MR) is 104 cm³/mol. The number of hydrogen-bond acceptors (Lipinski definition) is 4. The number of aryl methyl sites for hydroxylation is 1. The van der Waals surface area contributed by atoms with Crippen LogP contribution in [0.4, 0.5) is 10.1 Å². The monoisotopic (exact) mass is 388 g/mol. The molecule has 0 bridgehead atoms. The van der Waals surface area contributed by atoms with Crippen LogP contribution in [0.3, 0.4) is 0 Å². The lowest BCUT2D eigenvalue weighted by atomic mass is 10.2. The highest BCUT2D eigenvalue weighted by Crippen LogP contribution is 2.24. The minimum absolute atomic E-state index is 0.0860. The molecular formula is C19H17FN2O2S2. The molecular weight excluding hydrogens is 371 g/mol. The van der Waals surface area contributed by atoms with Crippen LogP contribution in [0.5, 0.6) is 0 Å². The maximum Gasteiger partial charge on any atom is 0.237 e. The number of nitrogens with one attached hydrogen (secondary N) is 1. The number of amides is 1. The third-order valence-electron chi connectivity index (χ3n) is 3.58. The summed E-state index contributed by atoms with van der Waals surface area (Å²) >= 11 is 1.40. The van der Waals surface area contributed by atoms with Crippen LogP contribution in [0.25, 0.3) is 10.6 Å². The summed E-state index contributed by atoms with van der Waals surface area (Å²) in [5, 5.41) is 5.29. The third kappa shape index (κ3) is 5.06. The van der Waals surface area contributed by atoms with Gasteiger partial charge in [0.15, 0.2) is 0 Å². The number of benzene rings is 2. The van der Waals surface area contributed by atoms with Crippen molar-refractivity contribution in [2.75, 3.05) is 11.1 Å². The molecule has 0 unspecified atom stereocenters. The van der Waals surface area contributed by atoms with E-state index in [0.717, 1.165) is 16.1 Å². The lowest BCUT2D eigenvalue weighted by molar-refractivity contribution is -0.113. The first-order valence-corrected chi connectivity index (χ1v) is 10.3. The molecule has 3 rings (SSSR count). The Balaban J connectivity index is 1.55.